The Hall–Kier alpha value is -1.86. The third-order valence-electron chi connectivity index (χ3n) is 4.51. The SMILES string of the molecule is COc1ccc(C(C)C(C)NC(=O)CCPc2ccc(C)cc2)cc1. The molecular formula is C21H28NO2P. The summed E-state index contributed by atoms with van der Waals surface area (Å²) in [5.74, 6) is 1.24. The van der Waals surface area contributed by atoms with Gasteiger partial charge in [-0.15, -0.1) is 0 Å². The summed E-state index contributed by atoms with van der Waals surface area (Å²) in [6.07, 6.45) is 1.48. The standard InChI is InChI=1S/C21H28NO2P/c1-15-5-11-20(12-6-15)25-14-13-21(23)22-17(3)16(2)18-7-9-19(24-4)10-8-18/h5-12,16-17,25H,13-14H2,1-4H3,(H,22,23). The van der Waals surface area contributed by atoms with Crippen LogP contribution in [-0.2, 0) is 4.79 Å². The predicted octanol–water partition coefficient (Wildman–Crippen LogP) is 4.01. The number of methoxy groups -OCH3 is 1. The normalized spacial score (nSPS) is 13.6. The highest BCUT2D eigenvalue weighted by Gasteiger charge is 2.16. The van der Waals surface area contributed by atoms with Gasteiger partial charge in [0.15, 0.2) is 0 Å². The Morgan fingerprint density at radius 1 is 1.08 bits per heavy atom. The van der Waals surface area contributed by atoms with Gasteiger partial charge in [-0.05, 0) is 43.0 Å². The van der Waals surface area contributed by atoms with Crippen LogP contribution in [0.2, 0.25) is 0 Å². The van der Waals surface area contributed by atoms with E-state index >= 15 is 0 Å². The number of carbonyl (C=O) groups is 1. The lowest BCUT2D eigenvalue weighted by molar-refractivity contribution is -0.121. The van der Waals surface area contributed by atoms with Gasteiger partial charge in [-0.2, -0.15) is 0 Å². The number of amides is 1. The topological polar surface area (TPSA) is 38.3 Å². The van der Waals surface area contributed by atoms with Crippen molar-refractivity contribution < 1.29 is 9.53 Å². The first-order valence-corrected chi connectivity index (χ1v) is 9.94. The van der Waals surface area contributed by atoms with Gasteiger partial charge in [0.2, 0.25) is 5.91 Å². The molecule has 0 aliphatic rings. The highest BCUT2D eigenvalue weighted by atomic mass is 31.1. The van der Waals surface area contributed by atoms with Gasteiger partial charge >= 0.3 is 0 Å². The molecule has 2 aromatic rings. The molecule has 1 N–H and O–H groups in total. The van der Waals surface area contributed by atoms with E-state index in [4.69, 9.17) is 4.74 Å². The van der Waals surface area contributed by atoms with Crippen molar-refractivity contribution in [1.29, 1.82) is 0 Å². The highest BCUT2D eigenvalue weighted by Crippen LogP contribution is 2.22. The molecule has 0 aliphatic carbocycles. The third kappa shape index (κ3) is 6.17. The van der Waals surface area contributed by atoms with Crippen LogP contribution in [0.1, 0.15) is 37.3 Å². The molecule has 2 aromatic carbocycles. The lowest BCUT2D eigenvalue weighted by Gasteiger charge is -2.22. The first kappa shape index (κ1) is 19.5. The van der Waals surface area contributed by atoms with E-state index in [1.54, 1.807) is 7.11 Å². The van der Waals surface area contributed by atoms with Gasteiger partial charge < -0.3 is 10.1 Å². The number of carbonyl (C=O) groups excluding carboxylic acids is 1. The number of benzene rings is 2. The molecular weight excluding hydrogens is 329 g/mol. The maximum absolute atomic E-state index is 12.2. The fraction of sp³-hybridized carbons (Fsp3) is 0.381. The van der Waals surface area contributed by atoms with Crippen LogP contribution in [0, 0.1) is 6.92 Å². The number of hydrogen-bond acceptors (Lipinski definition) is 2. The Balaban J connectivity index is 1.77. The maximum Gasteiger partial charge on any atom is 0.220 e. The van der Waals surface area contributed by atoms with Crippen molar-refractivity contribution in [1.82, 2.24) is 5.32 Å². The van der Waals surface area contributed by atoms with Gasteiger partial charge in [-0.25, -0.2) is 0 Å². The lowest BCUT2D eigenvalue weighted by Crippen LogP contribution is -2.36. The second kappa shape index (κ2) is 9.58. The molecule has 4 heteroatoms. The van der Waals surface area contributed by atoms with Crippen molar-refractivity contribution >= 4 is 19.8 Å². The molecule has 0 heterocycles. The minimum atomic E-state index is 0.101. The van der Waals surface area contributed by atoms with E-state index in [0.717, 1.165) is 11.9 Å². The Bertz CT molecular complexity index is 667. The zero-order chi connectivity index (χ0) is 18.2. The van der Waals surface area contributed by atoms with Crippen LogP contribution in [0.5, 0.6) is 5.75 Å². The van der Waals surface area contributed by atoms with Crippen molar-refractivity contribution in [3.8, 4) is 5.75 Å². The second-order valence-corrected chi connectivity index (χ2v) is 7.89. The monoisotopic (exact) mass is 357 g/mol. The molecule has 0 aliphatic heterocycles. The molecule has 0 saturated carbocycles. The van der Waals surface area contributed by atoms with Crippen molar-refractivity contribution in [2.24, 2.45) is 0 Å². The minimum Gasteiger partial charge on any atom is -0.497 e. The number of hydrogen-bond donors (Lipinski definition) is 1. The molecule has 25 heavy (non-hydrogen) atoms. The van der Waals surface area contributed by atoms with Crippen molar-refractivity contribution in [3.63, 3.8) is 0 Å². The van der Waals surface area contributed by atoms with Gasteiger partial charge in [0.05, 0.1) is 7.11 Å². The summed E-state index contributed by atoms with van der Waals surface area (Å²) < 4.78 is 5.19. The molecule has 134 valence electrons. The van der Waals surface area contributed by atoms with Crippen LogP contribution in [0.4, 0.5) is 0 Å². The van der Waals surface area contributed by atoms with Crippen LogP contribution >= 0.6 is 8.58 Å². The van der Waals surface area contributed by atoms with Crippen LogP contribution in [0.25, 0.3) is 0 Å². The molecule has 0 radical (unpaired) electrons. The van der Waals surface area contributed by atoms with Crippen LogP contribution in [-0.4, -0.2) is 25.2 Å². The molecule has 0 fully saturated rings. The summed E-state index contributed by atoms with van der Waals surface area (Å²) >= 11 is 0. The van der Waals surface area contributed by atoms with E-state index in [9.17, 15) is 4.79 Å². The molecule has 3 nitrogen and oxygen atoms in total. The third-order valence-corrected chi connectivity index (χ3v) is 5.75. The van der Waals surface area contributed by atoms with E-state index < -0.39 is 0 Å². The van der Waals surface area contributed by atoms with E-state index in [1.165, 1.54) is 16.4 Å². The van der Waals surface area contributed by atoms with E-state index in [-0.39, 0.29) is 17.9 Å². The summed E-state index contributed by atoms with van der Waals surface area (Å²) in [4.78, 5) is 12.2. The molecule has 0 bridgehead atoms. The Morgan fingerprint density at radius 2 is 1.72 bits per heavy atom. The number of ether oxygens (including phenoxy) is 1. The van der Waals surface area contributed by atoms with E-state index in [0.29, 0.717) is 15.0 Å². The highest BCUT2D eigenvalue weighted by molar-refractivity contribution is 7.47. The van der Waals surface area contributed by atoms with Gasteiger partial charge in [0.1, 0.15) is 5.75 Å². The maximum atomic E-state index is 12.2. The number of rotatable bonds is 8. The van der Waals surface area contributed by atoms with Gasteiger partial charge in [0.25, 0.3) is 0 Å². The van der Waals surface area contributed by atoms with Crippen molar-refractivity contribution in [3.05, 3.63) is 59.7 Å². The fourth-order valence-electron chi connectivity index (χ4n) is 2.64. The lowest BCUT2D eigenvalue weighted by atomic mass is 9.94. The predicted molar refractivity (Wildman–Crippen MR) is 108 cm³/mol. The van der Waals surface area contributed by atoms with Crippen molar-refractivity contribution in [2.75, 3.05) is 13.3 Å². The quantitative estimate of drug-likeness (QED) is 0.725. The van der Waals surface area contributed by atoms with Crippen molar-refractivity contribution in [2.45, 2.75) is 39.2 Å². The first-order chi connectivity index (χ1) is 12.0. The van der Waals surface area contributed by atoms with Gasteiger partial charge in [-0.1, -0.05) is 57.5 Å². The van der Waals surface area contributed by atoms with Gasteiger partial charge in [-0.3, -0.25) is 4.79 Å². The fourth-order valence-corrected chi connectivity index (χ4v) is 3.68. The average molecular weight is 357 g/mol. The summed E-state index contributed by atoms with van der Waals surface area (Å²) in [7, 11) is 2.35. The molecule has 3 atom stereocenters. The number of aryl methyl sites for hydroxylation is 1. The molecule has 1 amide bonds. The first-order valence-electron chi connectivity index (χ1n) is 8.73. The smallest absolute Gasteiger partial charge is 0.220 e. The Labute approximate surface area is 153 Å². The zero-order valence-corrected chi connectivity index (χ0v) is 16.5. The minimum absolute atomic E-state index is 0.101. The number of nitrogens with one attached hydrogen (secondary N) is 1. The summed E-state index contributed by atoms with van der Waals surface area (Å²) in [5, 5.41) is 4.45. The van der Waals surface area contributed by atoms with Crippen LogP contribution in [0.15, 0.2) is 48.5 Å². The molecule has 0 saturated heterocycles. The second-order valence-electron chi connectivity index (χ2n) is 6.46. The molecule has 3 unspecified atom stereocenters. The van der Waals surface area contributed by atoms with E-state index in [1.807, 2.05) is 12.1 Å². The Morgan fingerprint density at radius 3 is 2.32 bits per heavy atom. The molecule has 2 rings (SSSR count). The summed E-state index contributed by atoms with van der Waals surface area (Å²) in [5.41, 5.74) is 2.47. The zero-order valence-electron chi connectivity index (χ0n) is 15.5. The average Bonchev–Trinajstić information content (AvgIpc) is 2.62. The largest absolute Gasteiger partial charge is 0.497 e. The summed E-state index contributed by atoms with van der Waals surface area (Å²) in [6, 6.07) is 16.7. The Kier molecular flexibility index (Phi) is 7.46. The van der Waals surface area contributed by atoms with Gasteiger partial charge in [0, 0.05) is 18.4 Å². The van der Waals surface area contributed by atoms with E-state index in [2.05, 4.69) is 62.5 Å². The summed E-state index contributed by atoms with van der Waals surface area (Å²) in [6.45, 7) is 6.29. The molecule has 0 spiro atoms. The molecule has 0 aromatic heterocycles. The van der Waals surface area contributed by atoms with Crippen LogP contribution < -0.4 is 15.4 Å². The van der Waals surface area contributed by atoms with Crippen LogP contribution in [0.3, 0.4) is 0 Å².